The van der Waals surface area contributed by atoms with Crippen LogP contribution in [0.3, 0.4) is 0 Å². The van der Waals surface area contributed by atoms with Gasteiger partial charge in [0.1, 0.15) is 24.4 Å². The van der Waals surface area contributed by atoms with Crippen LogP contribution in [0.4, 0.5) is 0 Å². The number of rotatable bonds is 8. The van der Waals surface area contributed by atoms with E-state index < -0.39 is 54.1 Å². The average Bonchev–Trinajstić information content (AvgIpc) is 3.15. The maximum Gasteiger partial charge on any atom is 0.255 e. The van der Waals surface area contributed by atoms with Crippen LogP contribution in [0.5, 0.6) is 5.75 Å². The number of para-hydroxylation sites is 1. The van der Waals surface area contributed by atoms with Gasteiger partial charge in [0, 0.05) is 32.7 Å². The zero-order valence-electron chi connectivity index (χ0n) is 30.6. The molecule has 0 saturated carbocycles. The smallest absolute Gasteiger partial charge is 0.255 e. The van der Waals surface area contributed by atoms with Crippen LogP contribution < -0.4 is 26.0 Å². The summed E-state index contributed by atoms with van der Waals surface area (Å²) in [6.07, 6.45) is -0.426. The molecular weight excluding hydrogens is 676 g/mol. The number of hydrogen-bond acceptors (Lipinski definition) is 8. The van der Waals surface area contributed by atoms with Gasteiger partial charge < -0.3 is 35.6 Å². The quantitative estimate of drug-likeness (QED) is 0.276. The second kappa shape index (κ2) is 19.0. The SMILES string of the molecule is CC(C)[C@H]1NC(=O)CN(Cc2ccccc2)C(=O)C[C@@H](C(=O)NCc2ccc(CN3CCOCC3)cc2)NC(=O)c2ccccc2OC[C@H](C)NC1=O. The van der Waals surface area contributed by atoms with E-state index in [9.17, 15) is 24.0 Å². The third-order valence-corrected chi connectivity index (χ3v) is 9.18. The molecule has 0 aromatic heterocycles. The molecule has 53 heavy (non-hydrogen) atoms. The molecule has 13 heteroatoms. The van der Waals surface area contributed by atoms with Crippen LogP contribution in [0, 0.1) is 5.92 Å². The molecule has 2 aliphatic heterocycles. The molecule has 1 saturated heterocycles. The van der Waals surface area contributed by atoms with Crippen molar-refractivity contribution in [2.75, 3.05) is 39.5 Å². The molecule has 3 atom stereocenters. The molecule has 5 amide bonds. The van der Waals surface area contributed by atoms with Gasteiger partial charge in [-0.3, -0.25) is 28.9 Å². The van der Waals surface area contributed by atoms with Gasteiger partial charge in [-0.25, -0.2) is 0 Å². The van der Waals surface area contributed by atoms with E-state index in [1.54, 1.807) is 31.2 Å². The first-order chi connectivity index (χ1) is 25.5. The Balaban J connectivity index is 1.39. The molecule has 0 unspecified atom stereocenters. The Bertz CT molecular complexity index is 1710. The molecule has 2 aliphatic rings. The van der Waals surface area contributed by atoms with Gasteiger partial charge in [-0.15, -0.1) is 0 Å². The Hall–Kier alpha value is -5.27. The molecule has 4 N–H and O–H groups in total. The molecule has 1 fully saturated rings. The molecule has 3 aromatic carbocycles. The van der Waals surface area contributed by atoms with Crippen LogP contribution in [0.15, 0.2) is 78.9 Å². The van der Waals surface area contributed by atoms with Crippen LogP contribution in [0.2, 0.25) is 0 Å². The van der Waals surface area contributed by atoms with Gasteiger partial charge in [0.15, 0.2) is 0 Å². The summed E-state index contributed by atoms with van der Waals surface area (Å²) in [6, 6.07) is 21.0. The largest absolute Gasteiger partial charge is 0.491 e. The number of carbonyl (C=O) groups excluding carboxylic acids is 5. The summed E-state index contributed by atoms with van der Waals surface area (Å²) in [7, 11) is 0. The van der Waals surface area contributed by atoms with Crippen LogP contribution >= 0.6 is 0 Å². The Labute approximate surface area is 310 Å². The van der Waals surface area contributed by atoms with E-state index in [1.807, 2.05) is 68.4 Å². The minimum absolute atomic E-state index is 0.0350. The molecule has 0 spiro atoms. The van der Waals surface area contributed by atoms with Crippen LogP contribution in [0.25, 0.3) is 0 Å². The van der Waals surface area contributed by atoms with E-state index in [0.29, 0.717) is 0 Å². The minimum Gasteiger partial charge on any atom is -0.491 e. The fourth-order valence-corrected chi connectivity index (χ4v) is 6.17. The molecule has 5 rings (SSSR count). The molecule has 0 radical (unpaired) electrons. The first-order valence-electron chi connectivity index (χ1n) is 18.2. The highest BCUT2D eigenvalue weighted by Crippen LogP contribution is 2.19. The lowest BCUT2D eigenvalue weighted by molar-refractivity contribution is -0.139. The summed E-state index contributed by atoms with van der Waals surface area (Å²) < 4.78 is 11.4. The van der Waals surface area contributed by atoms with E-state index in [4.69, 9.17) is 9.47 Å². The third kappa shape index (κ3) is 11.6. The van der Waals surface area contributed by atoms with Gasteiger partial charge in [0.05, 0.1) is 37.8 Å². The highest BCUT2D eigenvalue weighted by atomic mass is 16.5. The van der Waals surface area contributed by atoms with Gasteiger partial charge in [-0.2, -0.15) is 0 Å². The van der Waals surface area contributed by atoms with Crippen LogP contribution in [-0.2, 0) is 43.5 Å². The van der Waals surface area contributed by atoms with Crippen LogP contribution in [-0.4, -0.2) is 96.9 Å². The van der Waals surface area contributed by atoms with Gasteiger partial charge in [-0.05, 0) is 41.7 Å². The zero-order chi connectivity index (χ0) is 37.7. The molecule has 0 aliphatic carbocycles. The summed E-state index contributed by atoms with van der Waals surface area (Å²) in [5.41, 5.74) is 2.92. The van der Waals surface area contributed by atoms with E-state index in [0.717, 1.165) is 49.5 Å². The van der Waals surface area contributed by atoms with E-state index in [2.05, 4.69) is 26.2 Å². The average molecular weight is 727 g/mol. The second-order valence-electron chi connectivity index (χ2n) is 13.9. The van der Waals surface area contributed by atoms with Gasteiger partial charge >= 0.3 is 0 Å². The third-order valence-electron chi connectivity index (χ3n) is 9.18. The predicted octanol–water partition coefficient (Wildman–Crippen LogP) is 2.39. The monoisotopic (exact) mass is 726 g/mol. The van der Waals surface area contributed by atoms with Crippen molar-refractivity contribution < 1.29 is 33.4 Å². The lowest BCUT2D eigenvalue weighted by Crippen LogP contribution is -2.54. The normalized spacial score (nSPS) is 21.1. The first-order valence-corrected chi connectivity index (χ1v) is 18.2. The molecule has 2 heterocycles. The Morgan fingerprint density at radius 2 is 1.49 bits per heavy atom. The fourth-order valence-electron chi connectivity index (χ4n) is 6.17. The zero-order valence-corrected chi connectivity index (χ0v) is 30.6. The van der Waals surface area contributed by atoms with Crippen molar-refractivity contribution >= 4 is 29.5 Å². The molecule has 13 nitrogen and oxygen atoms in total. The van der Waals surface area contributed by atoms with Crippen molar-refractivity contribution in [3.63, 3.8) is 0 Å². The molecule has 3 aromatic rings. The van der Waals surface area contributed by atoms with E-state index in [-0.39, 0.29) is 43.5 Å². The maximum atomic E-state index is 14.1. The first kappa shape index (κ1) is 38.9. The lowest BCUT2D eigenvalue weighted by atomic mass is 10.0. The van der Waals surface area contributed by atoms with Crippen molar-refractivity contribution in [3.05, 3.63) is 101 Å². The van der Waals surface area contributed by atoms with Gasteiger partial charge in [0.2, 0.25) is 23.6 Å². The number of carbonyl (C=O) groups is 5. The predicted molar refractivity (Wildman–Crippen MR) is 198 cm³/mol. The Morgan fingerprint density at radius 1 is 0.830 bits per heavy atom. The Kier molecular flexibility index (Phi) is 14.0. The van der Waals surface area contributed by atoms with Crippen molar-refractivity contribution in [1.29, 1.82) is 0 Å². The molecule has 282 valence electrons. The number of hydrogen-bond donors (Lipinski definition) is 4. The topological polar surface area (TPSA) is 158 Å². The van der Waals surface area contributed by atoms with E-state index in [1.165, 1.54) is 4.90 Å². The number of amides is 5. The second-order valence-corrected chi connectivity index (χ2v) is 13.9. The lowest BCUT2D eigenvalue weighted by Gasteiger charge is -2.27. The number of benzene rings is 3. The summed E-state index contributed by atoms with van der Waals surface area (Å²) in [5.74, 6) is -2.66. The highest BCUT2D eigenvalue weighted by Gasteiger charge is 2.31. The number of nitrogens with one attached hydrogen (secondary N) is 4. The molecule has 0 bridgehead atoms. The van der Waals surface area contributed by atoms with Crippen molar-refractivity contribution in [3.8, 4) is 5.75 Å². The maximum absolute atomic E-state index is 14.1. The minimum atomic E-state index is -1.29. The fraction of sp³-hybridized carbons (Fsp3) is 0.425. The summed E-state index contributed by atoms with van der Waals surface area (Å²) in [4.78, 5) is 72.1. The van der Waals surface area contributed by atoms with Crippen molar-refractivity contribution in [2.45, 2.75) is 65.0 Å². The highest BCUT2D eigenvalue weighted by molar-refractivity contribution is 6.01. The number of fused-ring (bicyclic) bond motifs is 1. The van der Waals surface area contributed by atoms with E-state index >= 15 is 0 Å². The standard InChI is InChI=1S/C40H50N6O7/c1-27(2)37-40(51)42-28(3)26-53-34-12-8-7-11-32(34)38(49)43-33(21-36(48)46(25-35(47)44-37)24-30-9-5-4-6-10-30)39(50)41-22-29-13-15-31(16-14-29)23-45-17-19-52-20-18-45/h4-16,27-28,33,37H,17-26H2,1-3H3,(H,41,50)(H,42,51)(H,43,49)(H,44,47)/t28-,33-,37+/m0/s1. The van der Waals surface area contributed by atoms with Gasteiger partial charge in [-0.1, -0.05) is 80.6 Å². The number of nitrogens with zero attached hydrogens (tertiary/aromatic N) is 2. The molecular formula is C40H50N6O7. The van der Waals surface area contributed by atoms with Crippen molar-refractivity contribution in [1.82, 2.24) is 31.1 Å². The summed E-state index contributed by atoms with van der Waals surface area (Å²) in [6.45, 7) is 9.29. The number of morpholine rings is 1. The summed E-state index contributed by atoms with van der Waals surface area (Å²) >= 11 is 0. The Morgan fingerprint density at radius 3 is 2.21 bits per heavy atom. The van der Waals surface area contributed by atoms with Crippen molar-refractivity contribution in [2.24, 2.45) is 5.92 Å². The van der Waals surface area contributed by atoms with Crippen LogP contribution in [0.1, 0.15) is 54.2 Å². The van der Waals surface area contributed by atoms with Gasteiger partial charge in [0.25, 0.3) is 5.91 Å². The number of ether oxygens (including phenoxy) is 2. The summed E-state index contributed by atoms with van der Waals surface area (Å²) in [5, 5.41) is 11.3.